The van der Waals surface area contributed by atoms with Crippen LogP contribution in [0.2, 0.25) is 0 Å². The molecule has 1 nitrogen and oxygen atoms in total. The molecule has 0 unspecified atom stereocenters. The molecule has 1 aromatic heterocycles. The Balaban J connectivity index is 0.00000121. The van der Waals surface area contributed by atoms with Gasteiger partial charge in [0.1, 0.15) is 0 Å². The number of alkyl halides is 3. The number of allylic oxidation sites excluding steroid dienone is 1. The molecule has 1 aromatic rings. The molecule has 0 N–H and O–H groups in total. The van der Waals surface area contributed by atoms with Crippen LogP contribution < -0.4 is 0 Å². The van der Waals surface area contributed by atoms with Crippen LogP contribution in [0.3, 0.4) is 0 Å². The summed E-state index contributed by atoms with van der Waals surface area (Å²) < 4.78 is 37.8. The molecule has 0 fully saturated rings. The standard InChI is InChI=1S/C11H10F3N.C2H6/c1-4-8-5-15-6-9(11(12,13)14)10(8)7(2)3;1-2/h4-6H,1-2H2,3H3;1-2H3. The van der Waals surface area contributed by atoms with E-state index in [1.54, 1.807) is 0 Å². The third-order valence-electron chi connectivity index (χ3n) is 1.93. The lowest BCUT2D eigenvalue weighted by molar-refractivity contribution is -0.138. The van der Waals surface area contributed by atoms with Crippen molar-refractivity contribution in [3.05, 3.63) is 42.2 Å². The molecule has 0 amide bonds. The van der Waals surface area contributed by atoms with E-state index >= 15 is 0 Å². The van der Waals surface area contributed by atoms with Gasteiger partial charge in [-0.15, -0.1) is 0 Å². The van der Waals surface area contributed by atoms with Crippen molar-refractivity contribution in [2.45, 2.75) is 26.9 Å². The van der Waals surface area contributed by atoms with E-state index in [2.05, 4.69) is 18.1 Å². The molecule has 0 aliphatic rings. The number of hydrogen-bond donors (Lipinski definition) is 0. The highest BCUT2D eigenvalue weighted by Crippen LogP contribution is 2.35. The summed E-state index contributed by atoms with van der Waals surface area (Å²) in [6, 6.07) is 0. The van der Waals surface area contributed by atoms with Gasteiger partial charge in [-0.25, -0.2) is 0 Å². The van der Waals surface area contributed by atoms with Crippen molar-refractivity contribution < 1.29 is 13.2 Å². The van der Waals surface area contributed by atoms with Gasteiger partial charge in [0.05, 0.1) is 5.56 Å². The minimum atomic E-state index is -4.42. The van der Waals surface area contributed by atoms with Crippen molar-refractivity contribution in [2.75, 3.05) is 0 Å². The van der Waals surface area contributed by atoms with Crippen LogP contribution in [-0.4, -0.2) is 4.98 Å². The highest BCUT2D eigenvalue weighted by molar-refractivity contribution is 5.73. The second-order valence-electron chi connectivity index (χ2n) is 3.13. The first kappa shape index (κ1) is 15.4. The van der Waals surface area contributed by atoms with Crippen LogP contribution in [0.5, 0.6) is 0 Å². The van der Waals surface area contributed by atoms with E-state index in [-0.39, 0.29) is 5.56 Å². The lowest BCUT2D eigenvalue weighted by Gasteiger charge is -2.14. The first-order valence-electron chi connectivity index (χ1n) is 5.21. The van der Waals surface area contributed by atoms with Crippen molar-refractivity contribution in [3.63, 3.8) is 0 Å². The monoisotopic (exact) mass is 243 g/mol. The van der Waals surface area contributed by atoms with Crippen molar-refractivity contribution in [1.82, 2.24) is 4.98 Å². The molecule has 0 radical (unpaired) electrons. The first-order valence-corrected chi connectivity index (χ1v) is 5.21. The molecule has 17 heavy (non-hydrogen) atoms. The normalized spacial score (nSPS) is 10.2. The van der Waals surface area contributed by atoms with Gasteiger partial charge in [0, 0.05) is 18.0 Å². The van der Waals surface area contributed by atoms with Gasteiger partial charge in [-0.2, -0.15) is 13.2 Å². The van der Waals surface area contributed by atoms with E-state index < -0.39 is 11.7 Å². The van der Waals surface area contributed by atoms with Gasteiger partial charge in [-0.1, -0.05) is 33.1 Å². The average Bonchev–Trinajstić information content (AvgIpc) is 2.29. The molecule has 94 valence electrons. The fourth-order valence-corrected chi connectivity index (χ4v) is 1.32. The fraction of sp³-hybridized carbons (Fsp3) is 0.308. The maximum Gasteiger partial charge on any atom is 0.418 e. The van der Waals surface area contributed by atoms with Crippen LogP contribution in [0.4, 0.5) is 13.2 Å². The minimum absolute atomic E-state index is 0.0625. The van der Waals surface area contributed by atoms with Gasteiger partial charge < -0.3 is 0 Å². The second-order valence-corrected chi connectivity index (χ2v) is 3.13. The fourth-order valence-electron chi connectivity index (χ4n) is 1.32. The molecule has 0 aromatic carbocycles. The van der Waals surface area contributed by atoms with Crippen LogP contribution in [0.25, 0.3) is 11.6 Å². The molecule has 0 bridgehead atoms. The van der Waals surface area contributed by atoms with Crippen molar-refractivity contribution in [1.29, 1.82) is 0 Å². The number of pyridine rings is 1. The quantitative estimate of drug-likeness (QED) is 0.726. The molecule has 0 saturated carbocycles. The summed E-state index contributed by atoms with van der Waals surface area (Å²) in [4.78, 5) is 3.53. The Morgan fingerprint density at radius 2 is 1.82 bits per heavy atom. The predicted molar refractivity (Wildman–Crippen MR) is 65.4 cm³/mol. The van der Waals surface area contributed by atoms with Gasteiger partial charge in [-0.05, 0) is 18.1 Å². The summed E-state index contributed by atoms with van der Waals surface area (Å²) in [6.07, 6.45) is -0.935. The van der Waals surface area contributed by atoms with Crippen LogP contribution >= 0.6 is 0 Å². The number of rotatable bonds is 2. The molecule has 1 rings (SSSR count). The van der Waals surface area contributed by atoms with Gasteiger partial charge in [0.25, 0.3) is 0 Å². The Morgan fingerprint density at radius 1 is 1.29 bits per heavy atom. The Labute approximate surface area is 99.7 Å². The molecule has 0 aliphatic carbocycles. The largest absolute Gasteiger partial charge is 0.418 e. The van der Waals surface area contributed by atoms with Crippen LogP contribution in [-0.2, 0) is 6.18 Å². The zero-order valence-electron chi connectivity index (χ0n) is 10.2. The molecule has 4 heteroatoms. The Morgan fingerprint density at radius 3 is 2.18 bits per heavy atom. The van der Waals surface area contributed by atoms with Gasteiger partial charge in [0.2, 0.25) is 0 Å². The zero-order chi connectivity index (χ0) is 13.6. The highest BCUT2D eigenvalue weighted by Gasteiger charge is 2.34. The summed E-state index contributed by atoms with van der Waals surface area (Å²) in [7, 11) is 0. The van der Waals surface area contributed by atoms with E-state index in [0.29, 0.717) is 11.1 Å². The SMILES string of the molecule is C=Cc1cncc(C(F)(F)F)c1C(=C)C.CC. The predicted octanol–water partition coefficient (Wildman–Crippen LogP) is 4.80. The molecule has 0 saturated heterocycles. The lowest BCUT2D eigenvalue weighted by Crippen LogP contribution is -2.10. The first-order chi connectivity index (χ1) is 7.88. The van der Waals surface area contributed by atoms with Gasteiger partial charge >= 0.3 is 6.18 Å². The topological polar surface area (TPSA) is 12.9 Å². The Hall–Kier alpha value is -1.58. The molecule has 0 aliphatic heterocycles. The summed E-state index contributed by atoms with van der Waals surface area (Å²) in [6.45, 7) is 12.5. The minimum Gasteiger partial charge on any atom is -0.263 e. The average molecular weight is 243 g/mol. The van der Waals surface area contributed by atoms with E-state index in [9.17, 15) is 13.2 Å². The maximum atomic E-state index is 12.6. The van der Waals surface area contributed by atoms with Crippen molar-refractivity contribution in [2.24, 2.45) is 0 Å². The lowest BCUT2D eigenvalue weighted by atomic mass is 9.98. The van der Waals surface area contributed by atoms with Crippen LogP contribution in [0, 0.1) is 0 Å². The molecule has 1 heterocycles. The second kappa shape index (κ2) is 6.23. The molecule has 0 spiro atoms. The Kier molecular flexibility index (Phi) is 5.65. The molecular weight excluding hydrogens is 227 g/mol. The molecule has 0 atom stereocenters. The third-order valence-corrected chi connectivity index (χ3v) is 1.93. The smallest absolute Gasteiger partial charge is 0.263 e. The van der Waals surface area contributed by atoms with E-state index in [0.717, 1.165) is 6.20 Å². The van der Waals surface area contributed by atoms with E-state index in [1.807, 2.05) is 13.8 Å². The summed E-state index contributed by atoms with van der Waals surface area (Å²) in [5.41, 5.74) is -0.0168. The number of hydrogen-bond acceptors (Lipinski definition) is 1. The number of aromatic nitrogens is 1. The number of halogens is 3. The van der Waals surface area contributed by atoms with E-state index in [4.69, 9.17) is 0 Å². The van der Waals surface area contributed by atoms with Gasteiger partial charge in [-0.3, -0.25) is 4.98 Å². The summed E-state index contributed by atoms with van der Waals surface area (Å²) in [5.74, 6) is 0. The highest BCUT2D eigenvalue weighted by atomic mass is 19.4. The van der Waals surface area contributed by atoms with Crippen molar-refractivity contribution >= 4 is 11.6 Å². The van der Waals surface area contributed by atoms with Gasteiger partial charge in [0.15, 0.2) is 0 Å². The van der Waals surface area contributed by atoms with E-state index in [1.165, 1.54) is 19.2 Å². The third kappa shape index (κ3) is 3.73. The maximum absolute atomic E-state index is 12.6. The summed E-state index contributed by atoms with van der Waals surface area (Å²) in [5, 5.41) is 0. The van der Waals surface area contributed by atoms with Crippen LogP contribution in [0.15, 0.2) is 25.6 Å². The van der Waals surface area contributed by atoms with Crippen molar-refractivity contribution in [3.8, 4) is 0 Å². The zero-order valence-corrected chi connectivity index (χ0v) is 10.2. The number of nitrogens with zero attached hydrogens (tertiary/aromatic N) is 1. The Bertz CT molecular complexity index is 406. The molecular formula is C13H16F3N. The van der Waals surface area contributed by atoms with Crippen LogP contribution in [0.1, 0.15) is 37.5 Å². The summed E-state index contributed by atoms with van der Waals surface area (Å²) >= 11 is 0.